The summed E-state index contributed by atoms with van der Waals surface area (Å²) in [6, 6.07) is 0. The van der Waals surface area contributed by atoms with Gasteiger partial charge < -0.3 is 18.8 Å². The predicted molar refractivity (Wildman–Crippen MR) is 96.9 cm³/mol. The highest BCUT2D eigenvalue weighted by Gasteiger charge is 2.46. The molecule has 4 heterocycles. The average molecular weight is 401 g/mol. The normalized spacial score (nSPS) is 31.4. The smallest absolute Gasteiger partial charge is 0.262 e. The number of sulfonamides is 1. The van der Waals surface area contributed by atoms with Gasteiger partial charge in [0.05, 0.1) is 38.9 Å². The Balaban J connectivity index is 1.45. The maximum atomic E-state index is 13.0. The lowest BCUT2D eigenvalue weighted by Crippen LogP contribution is -2.48. The highest BCUT2D eigenvalue weighted by atomic mass is 32.2. The number of hydrogen-bond acceptors (Lipinski definition) is 7. The van der Waals surface area contributed by atoms with E-state index >= 15 is 0 Å². The van der Waals surface area contributed by atoms with E-state index in [0.29, 0.717) is 26.3 Å². The van der Waals surface area contributed by atoms with Gasteiger partial charge in [-0.25, -0.2) is 13.4 Å². The lowest BCUT2D eigenvalue weighted by atomic mass is 10.0. The van der Waals surface area contributed by atoms with Gasteiger partial charge in [0.1, 0.15) is 5.60 Å². The van der Waals surface area contributed by atoms with Gasteiger partial charge >= 0.3 is 0 Å². The molecule has 3 fully saturated rings. The molecule has 0 bridgehead atoms. The summed E-state index contributed by atoms with van der Waals surface area (Å²) in [5.41, 5.74) is -0.574. The molecule has 152 valence electrons. The van der Waals surface area contributed by atoms with E-state index in [1.807, 2.05) is 0 Å². The van der Waals surface area contributed by atoms with E-state index < -0.39 is 15.6 Å². The molecule has 0 saturated carbocycles. The van der Waals surface area contributed by atoms with Gasteiger partial charge in [-0.3, -0.25) is 4.90 Å². The number of hydrogen-bond donors (Lipinski definition) is 0. The number of nitrogens with zero attached hydrogens (tertiary/aromatic N) is 4. The van der Waals surface area contributed by atoms with Gasteiger partial charge in [0.15, 0.2) is 5.03 Å². The molecule has 1 spiro atoms. The van der Waals surface area contributed by atoms with E-state index in [0.717, 1.165) is 45.7 Å². The minimum absolute atomic E-state index is 0.0740. The minimum atomic E-state index is -3.66. The molecule has 9 nitrogen and oxygen atoms in total. The largest absolute Gasteiger partial charge is 0.379 e. The molecule has 1 aromatic rings. The van der Waals surface area contributed by atoms with Gasteiger partial charge in [0, 0.05) is 46.0 Å². The van der Waals surface area contributed by atoms with Crippen LogP contribution in [0.2, 0.25) is 0 Å². The van der Waals surface area contributed by atoms with Crippen molar-refractivity contribution in [2.75, 3.05) is 59.2 Å². The number of aryl methyl sites for hydroxylation is 1. The van der Waals surface area contributed by atoms with E-state index in [2.05, 4.69) is 9.88 Å². The Kier molecular flexibility index (Phi) is 5.55. The van der Waals surface area contributed by atoms with E-state index in [-0.39, 0.29) is 11.1 Å². The first kappa shape index (κ1) is 19.3. The SMILES string of the molecule is Cn1cnc(S(=O)(=O)N2CCOC[C@]3(CC[C@H](CN4CCOCC4)O3)C2)c1. The van der Waals surface area contributed by atoms with Crippen LogP contribution in [-0.2, 0) is 31.3 Å². The van der Waals surface area contributed by atoms with Crippen molar-refractivity contribution in [1.29, 1.82) is 0 Å². The second-order valence-corrected chi connectivity index (χ2v) is 9.53. The third kappa shape index (κ3) is 4.20. The fourth-order valence-corrected chi connectivity index (χ4v) is 5.51. The van der Waals surface area contributed by atoms with Gasteiger partial charge in [0.2, 0.25) is 0 Å². The zero-order valence-corrected chi connectivity index (χ0v) is 16.6. The van der Waals surface area contributed by atoms with Crippen molar-refractivity contribution in [1.82, 2.24) is 18.8 Å². The van der Waals surface area contributed by atoms with E-state index in [1.54, 1.807) is 11.6 Å². The molecule has 0 N–H and O–H groups in total. The van der Waals surface area contributed by atoms with Gasteiger partial charge in [-0.2, -0.15) is 4.31 Å². The molecule has 0 radical (unpaired) electrons. The lowest BCUT2D eigenvalue weighted by molar-refractivity contribution is -0.0927. The fourth-order valence-electron chi connectivity index (χ4n) is 4.05. The minimum Gasteiger partial charge on any atom is -0.379 e. The lowest BCUT2D eigenvalue weighted by Gasteiger charge is -2.33. The molecule has 0 aliphatic carbocycles. The molecular formula is C17H28N4O5S. The van der Waals surface area contributed by atoms with Crippen molar-refractivity contribution in [2.45, 2.75) is 29.6 Å². The Hall–Kier alpha value is -1.04. The molecule has 0 aromatic carbocycles. The monoisotopic (exact) mass is 400 g/mol. The van der Waals surface area contributed by atoms with Crippen LogP contribution in [0.1, 0.15) is 12.8 Å². The van der Waals surface area contributed by atoms with Crippen LogP contribution in [-0.4, -0.2) is 98.0 Å². The highest BCUT2D eigenvalue weighted by Crippen LogP contribution is 2.34. The van der Waals surface area contributed by atoms with Crippen LogP contribution in [0.15, 0.2) is 17.6 Å². The van der Waals surface area contributed by atoms with Gasteiger partial charge in [-0.1, -0.05) is 0 Å². The fraction of sp³-hybridized carbons (Fsp3) is 0.824. The van der Waals surface area contributed by atoms with Crippen molar-refractivity contribution in [3.8, 4) is 0 Å². The van der Waals surface area contributed by atoms with Crippen LogP contribution in [0, 0.1) is 0 Å². The molecule has 2 atom stereocenters. The summed E-state index contributed by atoms with van der Waals surface area (Å²) in [7, 11) is -1.90. The zero-order valence-electron chi connectivity index (χ0n) is 15.7. The Morgan fingerprint density at radius 3 is 2.74 bits per heavy atom. The van der Waals surface area contributed by atoms with Crippen LogP contribution in [0.3, 0.4) is 0 Å². The standard InChI is InChI=1S/C17H28N4O5S/c1-19-11-16(18-14-19)27(22,23)21-6-9-25-13-17(12-21)3-2-15(26-17)10-20-4-7-24-8-5-20/h11,14-15H,2-10,12-13H2,1H3/t15-,17+/m1/s1. The number of imidazole rings is 1. The van der Waals surface area contributed by atoms with E-state index in [1.165, 1.54) is 16.8 Å². The number of aromatic nitrogens is 2. The Morgan fingerprint density at radius 1 is 1.22 bits per heavy atom. The molecule has 3 saturated heterocycles. The number of morpholine rings is 1. The molecule has 0 amide bonds. The van der Waals surface area contributed by atoms with E-state index in [9.17, 15) is 8.42 Å². The Labute approximate surface area is 160 Å². The third-order valence-electron chi connectivity index (χ3n) is 5.50. The van der Waals surface area contributed by atoms with Crippen molar-refractivity contribution in [3.05, 3.63) is 12.5 Å². The number of ether oxygens (including phenoxy) is 3. The first-order valence-corrected chi connectivity index (χ1v) is 10.9. The third-order valence-corrected chi connectivity index (χ3v) is 7.24. The number of rotatable bonds is 4. The maximum absolute atomic E-state index is 13.0. The van der Waals surface area contributed by atoms with Crippen LogP contribution < -0.4 is 0 Å². The average Bonchev–Trinajstić information content (AvgIpc) is 3.19. The summed E-state index contributed by atoms with van der Waals surface area (Å²) in [5.74, 6) is 0. The second kappa shape index (κ2) is 7.76. The molecule has 10 heteroatoms. The van der Waals surface area contributed by atoms with Gasteiger partial charge in [-0.15, -0.1) is 0 Å². The topological polar surface area (TPSA) is 86.1 Å². The highest BCUT2D eigenvalue weighted by molar-refractivity contribution is 7.89. The van der Waals surface area contributed by atoms with E-state index in [4.69, 9.17) is 14.2 Å². The Bertz CT molecular complexity index is 748. The second-order valence-electron chi connectivity index (χ2n) is 7.64. The van der Waals surface area contributed by atoms with Crippen LogP contribution in [0.5, 0.6) is 0 Å². The summed E-state index contributed by atoms with van der Waals surface area (Å²) in [6.45, 7) is 5.65. The van der Waals surface area contributed by atoms with Gasteiger partial charge in [0.25, 0.3) is 10.0 Å². The summed E-state index contributed by atoms with van der Waals surface area (Å²) in [5, 5.41) is 0.0740. The first-order valence-electron chi connectivity index (χ1n) is 9.51. The van der Waals surface area contributed by atoms with Crippen molar-refractivity contribution >= 4 is 10.0 Å². The van der Waals surface area contributed by atoms with Crippen molar-refractivity contribution in [2.24, 2.45) is 7.05 Å². The summed E-state index contributed by atoms with van der Waals surface area (Å²) in [6.07, 6.45) is 4.85. The summed E-state index contributed by atoms with van der Waals surface area (Å²) >= 11 is 0. The molecule has 1 aromatic heterocycles. The van der Waals surface area contributed by atoms with Crippen molar-refractivity contribution < 1.29 is 22.6 Å². The first-order chi connectivity index (χ1) is 13.0. The quantitative estimate of drug-likeness (QED) is 0.685. The molecule has 0 unspecified atom stereocenters. The summed E-state index contributed by atoms with van der Waals surface area (Å²) < 4.78 is 46.7. The van der Waals surface area contributed by atoms with Crippen LogP contribution >= 0.6 is 0 Å². The zero-order chi connectivity index (χ0) is 18.9. The molecule has 3 aliphatic rings. The van der Waals surface area contributed by atoms with Crippen molar-refractivity contribution in [3.63, 3.8) is 0 Å². The summed E-state index contributed by atoms with van der Waals surface area (Å²) in [4.78, 5) is 6.39. The van der Waals surface area contributed by atoms with Crippen LogP contribution in [0.4, 0.5) is 0 Å². The van der Waals surface area contributed by atoms with Gasteiger partial charge in [-0.05, 0) is 12.8 Å². The Morgan fingerprint density at radius 2 is 2.00 bits per heavy atom. The molecular weight excluding hydrogens is 372 g/mol. The maximum Gasteiger partial charge on any atom is 0.262 e. The predicted octanol–water partition coefficient (Wildman–Crippen LogP) is -0.309. The molecule has 27 heavy (non-hydrogen) atoms. The van der Waals surface area contributed by atoms with Crippen LogP contribution in [0.25, 0.3) is 0 Å². The molecule has 3 aliphatic heterocycles. The molecule has 4 rings (SSSR count).